The summed E-state index contributed by atoms with van der Waals surface area (Å²) in [6, 6.07) is -0.905. The van der Waals surface area contributed by atoms with Crippen molar-refractivity contribution in [3.05, 3.63) is 12.2 Å². The van der Waals surface area contributed by atoms with Gasteiger partial charge in [0.2, 0.25) is 5.91 Å². The molecule has 0 fully saturated rings. The summed E-state index contributed by atoms with van der Waals surface area (Å²) < 4.78 is 15.9. The van der Waals surface area contributed by atoms with Gasteiger partial charge >= 0.3 is 7.82 Å². The molecule has 0 saturated heterocycles. The number of carbonyl (C=O) groups excluding carboxylic acids is 1. The molecule has 0 aliphatic heterocycles. The summed E-state index contributed by atoms with van der Waals surface area (Å²) in [7, 11) is -4.71. The Morgan fingerprint density at radius 1 is 0.483 bits per heavy atom. The van der Waals surface area contributed by atoms with Gasteiger partial charge in [-0.2, -0.15) is 0 Å². The SMILES string of the molecule is CCCCCCCCCCCC/C=C/[C@@H](O)[C@H](COP(=O)(O)O)NC(=O)CCCCCCCCCCCCCCCCCCCCCCCCCCCCCCCC. The third-order valence-corrected chi connectivity index (χ3v) is 12.5. The molecular weight excluding hydrogens is 742 g/mol. The summed E-state index contributed by atoms with van der Waals surface area (Å²) >= 11 is 0. The summed E-state index contributed by atoms with van der Waals surface area (Å²) in [6.07, 6.45) is 57.1. The second kappa shape index (κ2) is 45.8. The van der Waals surface area contributed by atoms with Gasteiger partial charge in [0.25, 0.3) is 0 Å². The van der Waals surface area contributed by atoms with Gasteiger partial charge in [0.1, 0.15) is 0 Å². The summed E-state index contributed by atoms with van der Waals surface area (Å²) in [5.74, 6) is -0.221. The lowest BCUT2D eigenvalue weighted by atomic mass is 10.0. The fourth-order valence-electron chi connectivity index (χ4n) is 8.11. The van der Waals surface area contributed by atoms with Gasteiger partial charge in [-0.15, -0.1) is 0 Å². The van der Waals surface area contributed by atoms with E-state index in [1.165, 1.54) is 225 Å². The van der Waals surface area contributed by atoms with Gasteiger partial charge in [0.05, 0.1) is 18.8 Å². The van der Waals surface area contributed by atoms with Crippen LogP contribution >= 0.6 is 7.82 Å². The molecular formula is C50H100NO6P. The Hall–Kier alpha value is -0.720. The van der Waals surface area contributed by atoms with Crippen LogP contribution < -0.4 is 5.32 Å². The third-order valence-electron chi connectivity index (χ3n) is 12.0. The fourth-order valence-corrected chi connectivity index (χ4v) is 8.46. The van der Waals surface area contributed by atoms with Crippen LogP contribution in [-0.2, 0) is 13.9 Å². The average Bonchev–Trinajstić information content (AvgIpc) is 3.20. The minimum Gasteiger partial charge on any atom is -0.387 e. The highest BCUT2D eigenvalue weighted by atomic mass is 31.2. The van der Waals surface area contributed by atoms with Crippen molar-refractivity contribution >= 4 is 13.7 Å². The predicted molar refractivity (Wildman–Crippen MR) is 250 cm³/mol. The zero-order valence-corrected chi connectivity index (χ0v) is 39.6. The summed E-state index contributed by atoms with van der Waals surface area (Å²) in [4.78, 5) is 31.0. The number of phosphoric ester groups is 1. The topological polar surface area (TPSA) is 116 Å². The Balaban J connectivity index is 3.67. The Morgan fingerprint density at radius 2 is 0.759 bits per heavy atom. The fraction of sp³-hybridized carbons (Fsp3) is 0.940. The summed E-state index contributed by atoms with van der Waals surface area (Å²) in [5.41, 5.74) is 0. The molecule has 2 atom stereocenters. The quantitative estimate of drug-likeness (QED) is 0.0275. The maximum atomic E-state index is 12.6. The van der Waals surface area contributed by atoms with Gasteiger partial charge in [0.15, 0.2) is 0 Å². The van der Waals surface area contributed by atoms with E-state index in [0.29, 0.717) is 6.42 Å². The number of aliphatic hydroxyl groups is 1. The van der Waals surface area contributed by atoms with Gasteiger partial charge in [-0.25, -0.2) is 4.57 Å². The van der Waals surface area contributed by atoms with Crippen molar-refractivity contribution in [3.63, 3.8) is 0 Å². The van der Waals surface area contributed by atoms with Crippen molar-refractivity contribution < 1.29 is 28.8 Å². The number of unbranched alkanes of at least 4 members (excludes halogenated alkanes) is 39. The second-order valence-corrected chi connectivity index (χ2v) is 19.1. The van der Waals surface area contributed by atoms with Crippen LogP contribution in [0.4, 0.5) is 0 Å². The normalized spacial score (nSPS) is 13.1. The Bertz CT molecular complexity index is 911. The van der Waals surface area contributed by atoms with Crippen LogP contribution in [0.3, 0.4) is 0 Å². The van der Waals surface area contributed by atoms with Crippen LogP contribution in [0.25, 0.3) is 0 Å². The maximum Gasteiger partial charge on any atom is 0.469 e. The van der Waals surface area contributed by atoms with Gasteiger partial charge < -0.3 is 20.2 Å². The predicted octanol–water partition coefficient (Wildman–Crippen LogP) is 15.9. The molecule has 0 bridgehead atoms. The number of allylic oxidation sites excluding steroid dienone is 1. The molecule has 0 aromatic rings. The Morgan fingerprint density at radius 3 is 1.05 bits per heavy atom. The van der Waals surface area contributed by atoms with E-state index in [9.17, 15) is 14.5 Å². The first-order chi connectivity index (χ1) is 28.3. The highest BCUT2D eigenvalue weighted by Gasteiger charge is 2.24. The van der Waals surface area contributed by atoms with Crippen LogP contribution in [0.5, 0.6) is 0 Å². The van der Waals surface area contributed by atoms with Gasteiger partial charge in [-0.05, 0) is 19.3 Å². The molecule has 1 amide bonds. The molecule has 0 rings (SSSR count). The molecule has 0 aliphatic carbocycles. The van der Waals surface area contributed by atoms with E-state index in [4.69, 9.17) is 9.79 Å². The minimum absolute atomic E-state index is 0.221. The number of rotatable bonds is 48. The lowest BCUT2D eigenvalue weighted by molar-refractivity contribution is -0.123. The molecule has 0 aromatic heterocycles. The second-order valence-electron chi connectivity index (χ2n) is 17.9. The van der Waals surface area contributed by atoms with Crippen LogP contribution in [0, 0.1) is 0 Å². The van der Waals surface area contributed by atoms with Crippen molar-refractivity contribution in [3.8, 4) is 0 Å². The van der Waals surface area contributed by atoms with Crippen molar-refractivity contribution in [1.82, 2.24) is 5.32 Å². The smallest absolute Gasteiger partial charge is 0.387 e. The van der Waals surface area contributed by atoms with Crippen LogP contribution in [0.1, 0.15) is 284 Å². The molecule has 0 heterocycles. The first-order valence-electron chi connectivity index (χ1n) is 25.6. The maximum absolute atomic E-state index is 12.6. The molecule has 346 valence electrons. The van der Waals surface area contributed by atoms with E-state index in [2.05, 4.69) is 23.7 Å². The standard InChI is InChI=1S/C50H100NO6P/c1-3-5-7-9-11-13-15-17-18-19-20-21-22-23-24-25-26-27-28-29-30-31-32-33-34-36-38-40-42-44-46-50(53)51-48(47-57-58(54,55)56)49(52)45-43-41-39-37-35-16-14-12-10-8-6-4-2/h43,45,48-49,52H,3-42,44,46-47H2,1-2H3,(H,51,53)(H2,54,55,56)/b45-43+/t48-,49+/m0/s1. The summed E-state index contributed by atoms with van der Waals surface area (Å²) in [5, 5.41) is 13.4. The molecule has 58 heavy (non-hydrogen) atoms. The van der Waals surface area contributed by atoms with E-state index in [1.54, 1.807) is 6.08 Å². The number of hydrogen-bond acceptors (Lipinski definition) is 4. The van der Waals surface area contributed by atoms with Crippen molar-refractivity contribution in [2.45, 2.75) is 296 Å². The molecule has 0 radical (unpaired) electrons. The minimum atomic E-state index is -4.71. The molecule has 0 aliphatic rings. The number of carbonyl (C=O) groups is 1. The van der Waals surface area contributed by atoms with Crippen LogP contribution in [0.2, 0.25) is 0 Å². The Labute approximate surface area is 361 Å². The number of phosphoric acid groups is 1. The largest absolute Gasteiger partial charge is 0.469 e. The number of hydrogen-bond donors (Lipinski definition) is 4. The third kappa shape index (κ3) is 46.3. The van der Waals surface area contributed by atoms with Crippen LogP contribution in [-0.4, -0.2) is 39.6 Å². The molecule has 7 nitrogen and oxygen atoms in total. The number of nitrogens with one attached hydrogen (secondary N) is 1. The molecule has 0 aromatic carbocycles. The first-order valence-corrected chi connectivity index (χ1v) is 27.2. The average molecular weight is 842 g/mol. The van der Waals surface area contributed by atoms with E-state index < -0.39 is 26.6 Å². The van der Waals surface area contributed by atoms with Crippen molar-refractivity contribution in [1.29, 1.82) is 0 Å². The number of aliphatic hydroxyl groups excluding tert-OH is 1. The molecule has 4 N–H and O–H groups in total. The van der Waals surface area contributed by atoms with Gasteiger partial charge in [-0.3, -0.25) is 9.32 Å². The summed E-state index contributed by atoms with van der Waals surface area (Å²) in [6.45, 7) is 4.09. The molecule has 0 saturated carbocycles. The van der Waals surface area contributed by atoms with Gasteiger partial charge in [-0.1, -0.05) is 270 Å². The van der Waals surface area contributed by atoms with Crippen molar-refractivity contribution in [2.24, 2.45) is 0 Å². The zero-order chi connectivity index (χ0) is 42.5. The van der Waals surface area contributed by atoms with E-state index in [-0.39, 0.29) is 5.91 Å². The van der Waals surface area contributed by atoms with Crippen LogP contribution in [0.15, 0.2) is 12.2 Å². The zero-order valence-electron chi connectivity index (χ0n) is 38.7. The lowest BCUT2D eigenvalue weighted by Crippen LogP contribution is -2.45. The lowest BCUT2D eigenvalue weighted by Gasteiger charge is -2.22. The van der Waals surface area contributed by atoms with E-state index >= 15 is 0 Å². The van der Waals surface area contributed by atoms with Crippen molar-refractivity contribution in [2.75, 3.05) is 6.61 Å². The van der Waals surface area contributed by atoms with Gasteiger partial charge in [0, 0.05) is 6.42 Å². The molecule has 0 unspecified atom stereocenters. The van der Waals surface area contributed by atoms with E-state index in [0.717, 1.165) is 38.5 Å². The monoisotopic (exact) mass is 842 g/mol. The van der Waals surface area contributed by atoms with E-state index in [1.807, 2.05) is 6.08 Å². The highest BCUT2D eigenvalue weighted by Crippen LogP contribution is 2.36. The molecule has 8 heteroatoms. The highest BCUT2D eigenvalue weighted by molar-refractivity contribution is 7.46. The Kier molecular flexibility index (Phi) is 45.2. The molecule has 0 spiro atoms. The first kappa shape index (κ1) is 57.3. The number of amides is 1.